The highest BCUT2D eigenvalue weighted by atomic mass is 32.2. The predicted octanol–water partition coefficient (Wildman–Crippen LogP) is 2.57. The standard InChI is InChI=1S/C16H19N3O2S/c1-2-21-16(20)11-22-15(10-17)19(18)14-9-5-7-12-6-3-4-8-13(12)14/h3-10H,2,11,17-18H2,1H3/b15-10+. The van der Waals surface area contributed by atoms with Crippen molar-refractivity contribution in [1.82, 2.24) is 0 Å². The molecule has 0 aliphatic heterocycles. The van der Waals surface area contributed by atoms with E-state index in [1.165, 1.54) is 23.0 Å². The van der Waals surface area contributed by atoms with E-state index in [9.17, 15) is 4.79 Å². The first kappa shape index (κ1) is 16.2. The van der Waals surface area contributed by atoms with Crippen LogP contribution < -0.4 is 16.6 Å². The van der Waals surface area contributed by atoms with E-state index >= 15 is 0 Å². The molecule has 0 amide bonds. The van der Waals surface area contributed by atoms with E-state index in [2.05, 4.69) is 0 Å². The number of ether oxygens (including phenoxy) is 1. The number of carbonyl (C=O) groups is 1. The van der Waals surface area contributed by atoms with E-state index in [1.807, 2.05) is 42.5 Å². The topological polar surface area (TPSA) is 81.6 Å². The maximum absolute atomic E-state index is 11.5. The lowest BCUT2D eigenvalue weighted by atomic mass is 10.1. The molecule has 0 saturated carbocycles. The summed E-state index contributed by atoms with van der Waals surface area (Å²) in [6.07, 6.45) is 1.39. The number of thioether (sulfide) groups is 1. The fourth-order valence-corrected chi connectivity index (χ4v) is 2.75. The molecule has 2 rings (SSSR count). The van der Waals surface area contributed by atoms with Crippen LogP contribution in [0.4, 0.5) is 5.69 Å². The molecular formula is C16H19N3O2S. The van der Waals surface area contributed by atoms with Gasteiger partial charge in [-0.3, -0.25) is 9.80 Å². The molecule has 2 aromatic rings. The third-order valence-electron chi connectivity index (χ3n) is 3.05. The molecule has 5 nitrogen and oxygen atoms in total. The summed E-state index contributed by atoms with van der Waals surface area (Å²) >= 11 is 1.24. The fraction of sp³-hybridized carbons (Fsp3) is 0.188. The summed E-state index contributed by atoms with van der Waals surface area (Å²) in [7, 11) is 0. The zero-order chi connectivity index (χ0) is 15.9. The van der Waals surface area contributed by atoms with E-state index < -0.39 is 0 Å². The number of nitrogens with zero attached hydrogens (tertiary/aromatic N) is 1. The van der Waals surface area contributed by atoms with Crippen LogP contribution in [0, 0.1) is 0 Å². The highest BCUT2D eigenvalue weighted by molar-refractivity contribution is 8.03. The van der Waals surface area contributed by atoms with Crippen LogP contribution in [-0.4, -0.2) is 18.3 Å². The quantitative estimate of drug-likeness (QED) is 0.484. The van der Waals surface area contributed by atoms with Crippen LogP contribution in [0.2, 0.25) is 0 Å². The van der Waals surface area contributed by atoms with Gasteiger partial charge in [-0.05, 0) is 18.4 Å². The lowest BCUT2D eigenvalue weighted by molar-refractivity contribution is -0.139. The van der Waals surface area contributed by atoms with Gasteiger partial charge in [-0.15, -0.1) is 0 Å². The molecule has 22 heavy (non-hydrogen) atoms. The van der Waals surface area contributed by atoms with Gasteiger partial charge in [-0.2, -0.15) is 0 Å². The number of anilines is 1. The van der Waals surface area contributed by atoms with E-state index in [1.54, 1.807) is 6.92 Å². The zero-order valence-electron chi connectivity index (χ0n) is 12.4. The van der Waals surface area contributed by atoms with Gasteiger partial charge in [0.2, 0.25) is 0 Å². The first-order chi connectivity index (χ1) is 10.7. The smallest absolute Gasteiger partial charge is 0.316 e. The second kappa shape index (κ2) is 7.72. The van der Waals surface area contributed by atoms with E-state index in [4.69, 9.17) is 16.3 Å². The molecule has 0 heterocycles. The Balaban J connectivity index is 2.20. The number of benzene rings is 2. The Labute approximate surface area is 133 Å². The minimum absolute atomic E-state index is 0.162. The normalized spacial score (nSPS) is 11.5. The van der Waals surface area contributed by atoms with Gasteiger partial charge in [0.15, 0.2) is 0 Å². The van der Waals surface area contributed by atoms with Gasteiger partial charge >= 0.3 is 5.97 Å². The molecule has 0 aliphatic rings. The number of hydrogen-bond donors (Lipinski definition) is 2. The molecule has 6 heteroatoms. The summed E-state index contributed by atoms with van der Waals surface area (Å²) in [5.74, 6) is 6.06. The monoisotopic (exact) mass is 317 g/mol. The summed E-state index contributed by atoms with van der Waals surface area (Å²) in [6.45, 7) is 2.13. The van der Waals surface area contributed by atoms with Crippen molar-refractivity contribution in [2.45, 2.75) is 6.92 Å². The number of fused-ring (bicyclic) bond motifs is 1. The molecule has 116 valence electrons. The molecule has 4 N–H and O–H groups in total. The van der Waals surface area contributed by atoms with Crippen LogP contribution in [0.5, 0.6) is 0 Å². The van der Waals surface area contributed by atoms with Gasteiger partial charge in [-0.1, -0.05) is 48.2 Å². The Morgan fingerprint density at radius 3 is 2.73 bits per heavy atom. The van der Waals surface area contributed by atoms with Crippen molar-refractivity contribution in [3.8, 4) is 0 Å². The Morgan fingerprint density at radius 2 is 2.00 bits per heavy atom. The van der Waals surface area contributed by atoms with Gasteiger partial charge in [0.25, 0.3) is 0 Å². The van der Waals surface area contributed by atoms with Crippen molar-refractivity contribution in [2.24, 2.45) is 11.6 Å². The molecule has 0 spiro atoms. The predicted molar refractivity (Wildman–Crippen MR) is 92.0 cm³/mol. The lowest BCUT2D eigenvalue weighted by Gasteiger charge is -2.22. The first-order valence-electron chi connectivity index (χ1n) is 6.90. The number of hydrogen-bond acceptors (Lipinski definition) is 6. The van der Waals surface area contributed by atoms with Gasteiger partial charge in [0.05, 0.1) is 18.0 Å². The fourth-order valence-electron chi connectivity index (χ4n) is 2.07. The molecule has 0 bridgehead atoms. The van der Waals surface area contributed by atoms with Crippen molar-refractivity contribution < 1.29 is 9.53 Å². The Hall–Kier alpha value is -2.18. The highest BCUT2D eigenvalue weighted by Gasteiger charge is 2.13. The van der Waals surface area contributed by atoms with Crippen molar-refractivity contribution in [1.29, 1.82) is 0 Å². The minimum Gasteiger partial charge on any atom is -0.465 e. The second-order valence-corrected chi connectivity index (χ2v) is 5.46. The van der Waals surface area contributed by atoms with Crippen molar-refractivity contribution in [3.63, 3.8) is 0 Å². The van der Waals surface area contributed by atoms with Crippen LogP contribution in [-0.2, 0) is 9.53 Å². The molecular weight excluding hydrogens is 298 g/mol. The number of hydrazine groups is 1. The van der Waals surface area contributed by atoms with Gasteiger partial charge in [0, 0.05) is 11.6 Å². The minimum atomic E-state index is -0.293. The SMILES string of the molecule is CCOC(=O)CS/C(=C/N)N(N)c1cccc2ccccc12. The summed E-state index contributed by atoms with van der Waals surface area (Å²) in [4.78, 5) is 11.5. The largest absolute Gasteiger partial charge is 0.465 e. The highest BCUT2D eigenvalue weighted by Crippen LogP contribution is 2.30. The zero-order valence-corrected chi connectivity index (χ0v) is 13.2. The van der Waals surface area contributed by atoms with Crippen molar-refractivity contribution in [3.05, 3.63) is 53.7 Å². The summed E-state index contributed by atoms with van der Waals surface area (Å²) in [5.41, 5.74) is 6.48. The van der Waals surface area contributed by atoms with Gasteiger partial charge < -0.3 is 10.5 Å². The molecule has 2 aromatic carbocycles. The molecule has 0 atom stereocenters. The van der Waals surface area contributed by atoms with Crippen molar-refractivity contribution in [2.75, 3.05) is 17.4 Å². The van der Waals surface area contributed by atoms with Crippen molar-refractivity contribution >= 4 is 34.2 Å². The van der Waals surface area contributed by atoms with Crippen LogP contribution in [0.25, 0.3) is 10.8 Å². The van der Waals surface area contributed by atoms with Crippen LogP contribution in [0.3, 0.4) is 0 Å². The molecule has 0 aliphatic carbocycles. The molecule has 0 saturated heterocycles. The number of nitrogens with two attached hydrogens (primary N) is 2. The lowest BCUT2D eigenvalue weighted by Crippen LogP contribution is -2.30. The Morgan fingerprint density at radius 1 is 1.27 bits per heavy atom. The van der Waals surface area contributed by atoms with Crippen LogP contribution in [0.1, 0.15) is 6.92 Å². The Kier molecular flexibility index (Phi) is 5.68. The average Bonchev–Trinajstić information content (AvgIpc) is 2.55. The summed E-state index contributed by atoms with van der Waals surface area (Å²) < 4.78 is 4.91. The first-order valence-corrected chi connectivity index (χ1v) is 7.88. The van der Waals surface area contributed by atoms with Gasteiger partial charge in [-0.25, -0.2) is 5.84 Å². The molecule has 0 radical (unpaired) electrons. The summed E-state index contributed by atoms with van der Waals surface area (Å²) in [5, 5.41) is 4.18. The van der Waals surface area contributed by atoms with E-state index in [0.717, 1.165) is 16.5 Å². The van der Waals surface area contributed by atoms with Crippen LogP contribution in [0.15, 0.2) is 53.7 Å². The third kappa shape index (κ3) is 3.72. The number of carbonyl (C=O) groups excluding carboxylic acids is 1. The average molecular weight is 317 g/mol. The number of rotatable bonds is 6. The second-order valence-electron chi connectivity index (χ2n) is 4.47. The van der Waals surface area contributed by atoms with E-state index in [0.29, 0.717) is 11.6 Å². The maximum Gasteiger partial charge on any atom is 0.316 e. The Bertz CT molecular complexity index is 683. The molecule has 0 aromatic heterocycles. The molecule has 0 fully saturated rings. The van der Waals surface area contributed by atoms with E-state index in [-0.39, 0.29) is 11.7 Å². The summed E-state index contributed by atoms with van der Waals surface area (Å²) in [6, 6.07) is 13.8. The maximum atomic E-state index is 11.5. The third-order valence-corrected chi connectivity index (χ3v) is 4.06. The number of esters is 1. The van der Waals surface area contributed by atoms with Gasteiger partial charge in [0.1, 0.15) is 5.03 Å². The van der Waals surface area contributed by atoms with Crippen LogP contribution >= 0.6 is 11.8 Å². The molecule has 0 unspecified atom stereocenters.